The van der Waals surface area contributed by atoms with E-state index in [0.29, 0.717) is 17.9 Å². The highest BCUT2D eigenvalue weighted by molar-refractivity contribution is 5.90. The fraction of sp³-hybridized carbons (Fsp3) is 0.268. The normalized spacial score (nSPS) is 16.5. The van der Waals surface area contributed by atoms with E-state index >= 15 is 0 Å². The van der Waals surface area contributed by atoms with Gasteiger partial charge in [0.05, 0.1) is 55.1 Å². The molecule has 1 amide bonds. The average Bonchev–Trinajstić information content (AvgIpc) is 3.58. The Morgan fingerprint density at radius 2 is 1.46 bits per heavy atom. The van der Waals surface area contributed by atoms with Crippen LogP contribution in [-0.2, 0) is 26.3 Å². The van der Waals surface area contributed by atoms with Crippen molar-refractivity contribution in [3.8, 4) is 17.4 Å². The van der Waals surface area contributed by atoms with Gasteiger partial charge in [0.1, 0.15) is 23.2 Å². The van der Waals surface area contributed by atoms with Crippen molar-refractivity contribution in [2.45, 2.75) is 43.7 Å². The summed E-state index contributed by atoms with van der Waals surface area (Å²) in [7, 11) is 3.17. The maximum Gasteiger partial charge on any atom is 0.312 e. The molecule has 56 heavy (non-hydrogen) atoms. The standard InChI is InChI=1S/C41H40N4O11/c1-26(46)42-39-35(45(50)51)23-34(40(43-39)54-22-21-27-9-15-31(16-10-27)44(48)49)37-24-36(47)38(56-37)25-55-41(28-7-5-4-6-8-28,29-11-17-32(52-2)18-12-29)30-13-19-33(53-3)20-14-30/h4-20,23,36-38,47H,21-22,24-25H2,1-3H3,(H,42,43,46)/t36-,37-,38-/m1/s1. The first-order valence-electron chi connectivity index (χ1n) is 17.7. The van der Waals surface area contributed by atoms with Crippen molar-refractivity contribution in [2.24, 2.45) is 0 Å². The molecule has 1 aliphatic heterocycles. The molecular formula is C41H40N4O11. The number of nitrogens with one attached hydrogen (secondary N) is 1. The van der Waals surface area contributed by atoms with Gasteiger partial charge in [-0.05, 0) is 46.5 Å². The van der Waals surface area contributed by atoms with Gasteiger partial charge in [-0.25, -0.2) is 0 Å². The van der Waals surface area contributed by atoms with Crippen LogP contribution in [0, 0.1) is 20.2 Å². The molecule has 0 saturated carbocycles. The molecule has 2 heterocycles. The number of non-ortho nitro benzene ring substituents is 1. The second-order valence-corrected chi connectivity index (χ2v) is 13.0. The zero-order valence-corrected chi connectivity index (χ0v) is 30.8. The van der Waals surface area contributed by atoms with E-state index in [1.54, 1.807) is 26.4 Å². The summed E-state index contributed by atoms with van der Waals surface area (Å²) in [5.74, 6) is 0.365. The lowest BCUT2D eigenvalue weighted by Gasteiger charge is -2.37. The first-order chi connectivity index (χ1) is 27.0. The number of aromatic nitrogens is 1. The number of aliphatic hydroxyl groups is 1. The highest BCUT2D eigenvalue weighted by atomic mass is 16.6. The minimum atomic E-state index is -1.20. The number of hydrogen-bond donors (Lipinski definition) is 2. The summed E-state index contributed by atoms with van der Waals surface area (Å²) in [4.78, 5) is 38.4. The van der Waals surface area contributed by atoms with Crippen LogP contribution >= 0.6 is 0 Å². The molecule has 0 aliphatic carbocycles. The summed E-state index contributed by atoms with van der Waals surface area (Å²) < 4.78 is 30.3. The van der Waals surface area contributed by atoms with Crippen LogP contribution in [0.4, 0.5) is 17.2 Å². The van der Waals surface area contributed by atoms with Crippen LogP contribution in [0.5, 0.6) is 17.4 Å². The van der Waals surface area contributed by atoms with Gasteiger partial charge >= 0.3 is 5.69 Å². The van der Waals surface area contributed by atoms with E-state index in [1.807, 2.05) is 78.9 Å². The quantitative estimate of drug-likeness (QED) is 0.0615. The van der Waals surface area contributed by atoms with Gasteiger partial charge in [-0.3, -0.25) is 25.0 Å². The van der Waals surface area contributed by atoms with Crippen molar-refractivity contribution >= 4 is 23.1 Å². The summed E-state index contributed by atoms with van der Waals surface area (Å²) in [6.07, 6.45) is -2.55. The third kappa shape index (κ3) is 8.60. The Labute approximate surface area is 322 Å². The molecule has 0 spiro atoms. The Morgan fingerprint density at radius 3 is 2.00 bits per heavy atom. The Balaban J connectivity index is 1.32. The molecule has 5 aromatic rings. The van der Waals surface area contributed by atoms with Crippen LogP contribution < -0.4 is 19.5 Å². The molecule has 15 heteroatoms. The smallest absolute Gasteiger partial charge is 0.312 e. The fourth-order valence-corrected chi connectivity index (χ4v) is 6.66. The Hall–Kier alpha value is -6.42. The van der Waals surface area contributed by atoms with Crippen molar-refractivity contribution in [1.82, 2.24) is 4.98 Å². The van der Waals surface area contributed by atoms with E-state index in [1.165, 1.54) is 25.1 Å². The van der Waals surface area contributed by atoms with Gasteiger partial charge in [-0.2, -0.15) is 4.98 Å². The zero-order chi connectivity index (χ0) is 39.8. The zero-order valence-electron chi connectivity index (χ0n) is 30.8. The van der Waals surface area contributed by atoms with Crippen molar-refractivity contribution in [1.29, 1.82) is 0 Å². The van der Waals surface area contributed by atoms with Crippen LogP contribution in [0.2, 0.25) is 0 Å². The highest BCUT2D eigenvalue weighted by Gasteiger charge is 2.43. The van der Waals surface area contributed by atoms with Crippen LogP contribution in [-0.4, -0.2) is 65.5 Å². The lowest BCUT2D eigenvalue weighted by atomic mass is 9.80. The van der Waals surface area contributed by atoms with Gasteiger partial charge in [0, 0.05) is 38.0 Å². The topological polar surface area (TPSA) is 195 Å². The lowest BCUT2D eigenvalue weighted by Crippen LogP contribution is -2.38. The van der Waals surface area contributed by atoms with E-state index < -0.39 is 45.4 Å². The van der Waals surface area contributed by atoms with Crippen LogP contribution in [0.1, 0.15) is 47.3 Å². The predicted molar refractivity (Wildman–Crippen MR) is 204 cm³/mol. The molecule has 1 aromatic heterocycles. The van der Waals surface area contributed by atoms with E-state index in [-0.39, 0.29) is 42.6 Å². The van der Waals surface area contributed by atoms with Crippen LogP contribution in [0.15, 0.2) is 109 Å². The van der Waals surface area contributed by atoms with Crippen molar-refractivity contribution in [2.75, 3.05) is 32.8 Å². The molecular weight excluding hydrogens is 724 g/mol. The first kappa shape index (κ1) is 39.3. The molecule has 1 fully saturated rings. The fourth-order valence-electron chi connectivity index (χ4n) is 6.66. The number of pyridine rings is 1. The number of carbonyl (C=O) groups excluding carboxylic acids is 1. The molecule has 0 unspecified atom stereocenters. The summed E-state index contributed by atoms with van der Waals surface area (Å²) in [5.41, 5.74) is 1.53. The van der Waals surface area contributed by atoms with Crippen molar-refractivity contribution in [3.05, 3.63) is 157 Å². The van der Waals surface area contributed by atoms with E-state index in [4.69, 9.17) is 23.7 Å². The Morgan fingerprint density at radius 1 is 0.875 bits per heavy atom. The average molecular weight is 765 g/mol. The number of aliphatic hydroxyl groups excluding tert-OH is 1. The van der Waals surface area contributed by atoms with Crippen LogP contribution in [0.3, 0.4) is 0 Å². The number of hydrogen-bond acceptors (Lipinski definition) is 12. The number of carbonyl (C=O) groups is 1. The number of anilines is 1. The van der Waals surface area contributed by atoms with E-state index in [2.05, 4.69) is 10.3 Å². The van der Waals surface area contributed by atoms with Crippen molar-refractivity contribution in [3.63, 3.8) is 0 Å². The number of nitro groups is 2. The molecule has 4 aromatic carbocycles. The van der Waals surface area contributed by atoms with Gasteiger partial charge in [0.2, 0.25) is 17.6 Å². The number of amides is 1. The van der Waals surface area contributed by atoms with Gasteiger partial charge in [-0.15, -0.1) is 0 Å². The van der Waals surface area contributed by atoms with E-state index in [0.717, 1.165) is 22.3 Å². The highest BCUT2D eigenvalue weighted by Crippen LogP contribution is 2.45. The number of methoxy groups -OCH3 is 2. The summed E-state index contributed by atoms with van der Waals surface area (Å²) in [5, 5.41) is 37.1. The SMILES string of the molecule is COc1ccc(C(OC[C@H]2O[C@@H](c3cc([N+](=O)[O-])c(NC(C)=O)nc3OCCc3ccc([N+](=O)[O-])cc3)C[C@H]2O)(c2ccccc2)c2ccc(OC)cc2)cc1. The second-order valence-electron chi connectivity index (χ2n) is 13.0. The van der Waals surface area contributed by atoms with Gasteiger partial charge in [0.25, 0.3) is 5.69 Å². The van der Waals surface area contributed by atoms with E-state index in [9.17, 15) is 30.1 Å². The third-order valence-corrected chi connectivity index (χ3v) is 9.47. The number of rotatable bonds is 16. The number of ether oxygens (including phenoxy) is 5. The summed E-state index contributed by atoms with van der Waals surface area (Å²) in [6.45, 7) is 1.11. The van der Waals surface area contributed by atoms with Crippen LogP contribution in [0.25, 0.3) is 0 Å². The Kier molecular flexibility index (Phi) is 12.2. The van der Waals surface area contributed by atoms with Crippen molar-refractivity contribution < 1.29 is 43.4 Å². The summed E-state index contributed by atoms with van der Waals surface area (Å²) in [6, 6.07) is 31.8. The largest absolute Gasteiger partial charge is 0.497 e. The first-order valence-corrected chi connectivity index (χ1v) is 17.7. The number of nitro benzene ring substituents is 1. The molecule has 0 radical (unpaired) electrons. The van der Waals surface area contributed by atoms with Gasteiger partial charge < -0.3 is 34.1 Å². The number of nitrogens with zero attached hydrogens (tertiary/aromatic N) is 3. The molecule has 6 rings (SSSR count). The van der Waals surface area contributed by atoms with Gasteiger partial charge in [-0.1, -0.05) is 66.7 Å². The molecule has 2 N–H and O–H groups in total. The number of benzene rings is 4. The molecule has 3 atom stereocenters. The molecule has 1 aliphatic rings. The maximum atomic E-state index is 12.2. The minimum absolute atomic E-state index is 0.0223. The molecule has 0 bridgehead atoms. The molecule has 1 saturated heterocycles. The second kappa shape index (κ2) is 17.4. The minimum Gasteiger partial charge on any atom is -0.497 e. The Bertz CT molecular complexity index is 2100. The lowest BCUT2D eigenvalue weighted by molar-refractivity contribution is -0.384. The third-order valence-electron chi connectivity index (χ3n) is 9.47. The predicted octanol–water partition coefficient (Wildman–Crippen LogP) is 6.69. The monoisotopic (exact) mass is 764 g/mol. The summed E-state index contributed by atoms with van der Waals surface area (Å²) >= 11 is 0. The maximum absolute atomic E-state index is 12.2. The molecule has 290 valence electrons. The molecule has 15 nitrogen and oxygen atoms in total. The van der Waals surface area contributed by atoms with Gasteiger partial charge in [0.15, 0.2) is 0 Å².